The summed E-state index contributed by atoms with van der Waals surface area (Å²) in [7, 11) is 0. The average molecular weight is 295 g/mol. The summed E-state index contributed by atoms with van der Waals surface area (Å²) in [5.41, 5.74) is 2.48. The minimum absolute atomic E-state index is 0.198. The Morgan fingerprint density at radius 1 is 1.29 bits per heavy atom. The lowest BCUT2D eigenvalue weighted by Gasteiger charge is -2.31. The second-order valence-electron chi connectivity index (χ2n) is 5.12. The van der Waals surface area contributed by atoms with Gasteiger partial charge in [0.05, 0.1) is 0 Å². The van der Waals surface area contributed by atoms with Gasteiger partial charge in [-0.05, 0) is 56.5 Å². The van der Waals surface area contributed by atoms with E-state index in [1.54, 1.807) is 0 Å². The van der Waals surface area contributed by atoms with Gasteiger partial charge in [0.2, 0.25) is 0 Å². The zero-order valence-corrected chi connectivity index (χ0v) is 12.3. The van der Waals surface area contributed by atoms with Crippen molar-refractivity contribution in [3.05, 3.63) is 34.3 Å². The zero-order valence-electron chi connectivity index (χ0n) is 10.7. The summed E-state index contributed by atoms with van der Waals surface area (Å²) in [6, 6.07) is 6.30. The highest BCUT2D eigenvalue weighted by molar-refractivity contribution is 9.10. The number of halogens is 1. The van der Waals surface area contributed by atoms with Gasteiger partial charge in [-0.1, -0.05) is 29.3 Å². The predicted octanol–water partition coefficient (Wildman–Crippen LogP) is 5.19. The molecule has 0 amide bonds. The van der Waals surface area contributed by atoms with E-state index in [4.69, 9.17) is 4.74 Å². The Hall–Kier alpha value is -0.760. The van der Waals surface area contributed by atoms with E-state index in [0.717, 1.165) is 16.6 Å². The van der Waals surface area contributed by atoms with Gasteiger partial charge >= 0.3 is 0 Å². The molecule has 0 bridgehead atoms. The first-order chi connectivity index (χ1) is 8.02. The summed E-state index contributed by atoms with van der Waals surface area (Å²) in [4.78, 5) is 0. The molecule has 92 valence electrons. The summed E-state index contributed by atoms with van der Waals surface area (Å²) in [5, 5.41) is 0. The average Bonchev–Trinajstić information content (AvgIpc) is 2.23. The van der Waals surface area contributed by atoms with Crippen LogP contribution in [-0.2, 0) is 0 Å². The van der Waals surface area contributed by atoms with E-state index in [1.807, 2.05) is 0 Å². The second kappa shape index (κ2) is 4.85. The molecule has 0 aliphatic carbocycles. The van der Waals surface area contributed by atoms with Crippen molar-refractivity contribution in [2.45, 2.75) is 45.6 Å². The van der Waals surface area contributed by atoms with Crippen LogP contribution in [0.3, 0.4) is 0 Å². The van der Waals surface area contributed by atoms with Crippen molar-refractivity contribution in [3.63, 3.8) is 0 Å². The lowest BCUT2D eigenvalue weighted by atomic mass is 9.91. The topological polar surface area (TPSA) is 9.23 Å². The fourth-order valence-corrected chi connectivity index (χ4v) is 2.57. The van der Waals surface area contributed by atoms with Gasteiger partial charge in [-0.15, -0.1) is 0 Å². The highest BCUT2D eigenvalue weighted by Crippen LogP contribution is 2.39. The fourth-order valence-electron chi connectivity index (χ4n) is 2.23. The van der Waals surface area contributed by atoms with Gasteiger partial charge in [0.15, 0.2) is 0 Å². The molecule has 0 saturated carbocycles. The molecule has 2 rings (SSSR count). The maximum atomic E-state index is 6.00. The first-order valence-electron chi connectivity index (χ1n) is 6.22. The number of allylic oxidation sites excluding steroid dienone is 1. The van der Waals surface area contributed by atoms with Crippen LogP contribution in [0.1, 0.15) is 45.6 Å². The normalized spacial score (nSPS) is 17.1. The third-order valence-corrected chi connectivity index (χ3v) is 3.48. The number of ether oxygens (including phenoxy) is 1. The molecular formula is C15H19BrO. The lowest BCUT2D eigenvalue weighted by Crippen LogP contribution is -2.29. The van der Waals surface area contributed by atoms with Crippen molar-refractivity contribution in [2.24, 2.45) is 0 Å². The Labute approximate surface area is 112 Å². The van der Waals surface area contributed by atoms with Crippen molar-refractivity contribution < 1.29 is 4.74 Å². The quantitative estimate of drug-likeness (QED) is 0.745. The molecule has 0 fully saturated rings. The molecule has 1 nitrogen and oxygen atoms in total. The molecule has 0 unspecified atom stereocenters. The third kappa shape index (κ3) is 2.92. The van der Waals surface area contributed by atoms with Crippen LogP contribution in [0.15, 0.2) is 28.7 Å². The van der Waals surface area contributed by atoms with E-state index in [9.17, 15) is 0 Å². The first kappa shape index (κ1) is 12.7. The van der Waals surface area contributed by atoms with Crippen LogP contribution < -0.4 is 4.74 Å². The Balaban J connectivity index is 2.39. The number of hydrogen-bond acceptors (Lipinski definition) is 1. The highest BCUT2D eigenvalue weighted by atomic mass is 79.9. The summed E-state index contributed by atoms with van der Waals surface area (Å²) >= 11 is 3.50. The molecule has 1 aliphatic rings. The highest BCUT2D eigenvalue weighted by Gasteiger charge is 2.26. The van der Waals surface area contributed by atoms with Crippen LogP contribution in [0.4, 0.5) is 0 Å². The molecule has 0 N–H and O–H groups in total. The standard InChI is InChI=1S/C15H19BrO/c1-4-5-6-11-10-15(2,3)17-14-9-12(16)7-8-13(11)14/h7-10H,4-6H2,1-3H3. The van der Waals surface area contributed by atoms with E-state index in [2.05, 4.69) is 61.0 Å². The molecule has 0 radical (unpaired) electrons. The summed E-state index contributed by atoms with van der Waals surface area (Å²) in [5.74, 6) is 0.998. The molecule has 1 aromatic rings. The molecule has 1 heterocycles. The molecule has 2 heteroatoms. The van der Waals surface area contributed by atoms with Crippen LogP contribution in [0.25, 0.3) is 5.57 Å². The molecule has 0 saturated heterocycles. The van der Waals surface area contributed by atoms with Gasteiger partial charge in [-0.25, -0.2) is 0 Å². The van der Waals surface area contributed by atoms with Gasteiger partial charge in [-0.2, -0.15) is 0 Å². The molecule has 17 heavy (non-hydrogen) atoms. The molecule has 1 aromatic carbocycles. The van der Waals surface area contributed by atoms with Crippen LogP contribution >= 0.6 is 15.9 Å². The van der Waals surface area contributed by atoms with Crippen LogP contribution in [-0.4, -0.2) is 5.60 Å². The molecule has 1 aliphatic heterocycles. The van der Waals surface area contributed by atoms with Crippen LogP contribution in [0, 0.1) is 0 Å². The number of fused-ring (bicyclic) bond motifs is 1. The smallest absolute Gasteiger partial charge is 0.129 e. The maximum Gasteiger partial charge on any atom is 0.129 e. The summed E-state index contributed by atoms with van der Waals surface area (Å²) < 4.78 is 7.08. The summed E-state index contributed by atoms with van der Waals surface area (Å²) in [6.07, 6.45) is 5.86. The van der Waals surface area contributed by atoms with Crippen molar-refractivity contribution >= 4 is 21.5 Å². The lowest BCUT2D eigenvalue weighted by molar-refractivity contribution is 0.157. The molecule has 0 aromatic heterocycles. The maximum absolute atomic E-state index is 6.00. The zero-order chi connectivity index (χ0) is 12.5. The van der Waals surface area contributed by atoms with Gasteiger partial charge < -0.3 is 4.74 Å². The van der Waals surface area contributed by atoms with E-state index in [1.165, 1.54) is 24.0 Å². The number of hydrogen-bond donors (Lipinski definition) is 0. The third-order valence-electron chi connectivity index (χ3n) is 2.98. The Kier molecular flexibility index (Phi) is 3.62. The number of benzene rings is 1. The SMILES string of the molecule is CCCCC1=CC(C)(C)Oc2cc(Br)ccc21. The van der Waals surface area contributed by atoms with Crippen molar-refractivity contribution in [1.82, 2.24) is 0 Å². The van der Waals surface area contributed by atoms with Gasteiger partial charge in [0.1, 0.15) is 11.4 Å². The van der Waals surface area contributed by atoms with Crippen molar-refractivity contribution in [2.75, 3.05) is 0 Å². The van der Waals surface area contributed by atoms with E-state index < -0.39 is 0 Å². The Morgan fingerprint density at radius 3 is 2.76 bits per heavy atom. The van der Waals surface area contributed by atoms with Gasteiger partial charge in [0, 0.05) is 10.0 Å². The van der Waals surface area contributed by atoms with E-state index in [0.29, 0.717) is 0 Å². The molecule has 0 atom stereocenters. The van der Waals surface area contributed by atoms with Crippen molar-refractivity contribution in [1.29, 1.82) is 0 Å². The molecule has 0 spiro atoms. The first-order valence-corrected chi connectivity index (χ1v) is 7.02. The fraction of sp³-hybridized carbons (Fsp3) is 0.467. The van der Waals surface area contributed by atoms with Gasteiger partial charge in [-0.3, -0.25) is 0 Å². The minimum Gasteiger partial charge on any atom is -0.483 e. The Bertz CT molecular complexity index is 446. The van der Waals surface area contributed by atoms with E-state index in [-0.39, 0.29) is 5.60 Å². The van der Waals surface area contributed by atoms with Crippen molar-refractivity contribution in [3.8, 4) is 5.75 Å². The molecular weight excluding hydrogens is 276 g/mol. The number of unbranched alkanes of at least 4 members (excludes halogenated alkanes) is 1. The second-order valence-corrected chi connectivity index (χ2v) is 6.03. The number of rotatable bonds is 3. The summed E-state index contributed by atoms with van der Waals surface area (Å²) in [6.45, 7) is 6.46. The van der Waals surface area contributed by atoms with E-state index >= 15 is 0 Å². The monoisotopic (exact) mass is 294 g/mol. The van der Waals surface area contributed by atoms with Crippen LogP contribution in [0.5, 0.6) is 5.75 Å². The largest absolute Gasteiger partial charge is 0.483 e. The Morgan fingerprint density at radius 2 is 2.06 bits per heavy atom. The van der Waals surface area contributed by atoms with Crippen LogP contribution in [0.2, 0.25) is 0 Å². The van der Waals surface area contributed by atoms with Gasteiger partial charge in [0.25, 0.3) is 0 Å². The predicted molar refractivity (Wildman–Crippen MR) is 76.4 cm³/mol. The minimum atomic E-state index is -0.198.